The molecule has 4 heteroatoms. The number of rotatable bonds is 3. The Labute approximate surface area is 120 Å². The van der Waals surface area contributed by atoms with Crippen LogP contribution in [0.4, 0.5) is 0 Å². The second-order valence-electron chi connectivity index (χ2n) is 5.07. The maximum Gasteiger partial charge on any atom is 0.254 e. The Morgan fingerprint density at radius 1 is 1.42 bits per heavy atom. The summed E-state index contributed by atoms with van der Waals surface area (Å²) in [6, 6.07) is 6.13. The number of carbonyl (C=O) groups is 1. The molecule has 0 spiro atoms. The van der Waals surface area contributed by atoms with Crippen LogP contribution in [0.1, 0.15) is 35.7 Å². The average molecular weight is 278 g/mol. The molecule has 1 fully saturated rings. The number of benzene rings is 1. The van der Waals surface area contributed by atoms with Gasteiger partial charge in [0.1, 0.15) is 0 Å². The molecule has 3 nitrogen and oxygen atoms in total. The van der Waals surface area contributed by atoms with E-state index < -0.39 is 0 Å². The highest BCUT2D eigenvalue weighted by molar-refractivity contribution is 7.80. The van der Waals surface area contributed by atoms with Gasteiger partial charge in [0.15, 0.2) is 0 Å². The van der Waals surface area contributed by atoms with E-state index in [1.807, 2.05) is 30.0 Å². The lowest BCUT2D eigenvalue weighted by molar-refractivity contribution is 0.0655. The molecule has 1 heterocycles. The summed E-state index contributed by atoms with van der Waals surface area (Å²) in [4.78, 5) is 15.6. The summed E-state index contributed by atoms with van der Waals surface area (Å²) in [6.45, 7) is 6.80. The van der Waals surface area contributed by atoms with Gasteiger partial charge in [-0.1, -0.05) is 6.07 Å². The Hall–Kier alpha value is -1.00. The monoisotopic (exact) mass is 278 g/mol. The molecule has 0 aliphatic carbocycles. The van der Waals surface area contributed by atoms with Crippen molar-refractivity contribution in [2.45, 2.75) is 37.6 Å². The first kappa shape index (κ1) is 14.4. The van der Waals surface area contributed by atoms with E-state index in [0.717, 1.165) is 48.5 Å². The first-order valence-corrected chi connectivity index (χ1v) is 7.39. The van der Waals surface area contributed by atoms with Crippen LogP contribution >= 0.6 is 12.6 Å². The third kappa shape index (κ3) is 3.31. The number of amides is 1. The molecule has 0 radical (unpaired) electrons. The smallest absolute Gasteiger partial charge is 0.254 e. The van der Waals surface area contributed by atoms with E-state index in [1.165, 1.54) is 0 Å². The predicted octanol–water partition coefficient (Wildman–Crippen LogP) is 2.50. The molecule has 0 atom stereocenters. The van der Waals surface area contributed by atoms with Crippen molar-refractivity contribution in [2.75, 3.05) is 19.6 Å². The molecule has 1 aromatic rings. The minimum absolute atomic E-state index is 0.141. The van der Waals surface area contributed by atoms with Crippen molar-refractivity contribution < 1.29 is 4.79 Å². The quantitative estimate of drug-likeness (QED) is 0.833. The normalized spacial score (nSPS) is 16.4. The van der Waals surface area contributed by atoms with Gasteiger partial charge in [0.2, 0.25) is 0 Å². The Morgan fingerprint density at radius 3 is 2.74 bits per heavy atom. The molecule has 1 saturated heterocycles. The minimum atomic E-state index is 0.141. The Bertz CT molecular complexity index is 455. The van der Waals surface area contributed by atoms with Crippen LogP contribution in [-0.2, 0) is 0 Å². The van der Waals surface area contributed by atoms with Crippen molar-refractivity contribution >= 4 is 18.5 Å². The fraction of sp³-hybridized carbons (Fsp3) is 0.533. The third-order valence-corrected chi connectivity index (χ3v) is 4.08. The molecule has 0 aromatic heterocycles. The van der Waals surface area contributed by atoms with E-state index >= 15 is 0 Å². The van der Waals surface area contributed by atoms with Gasteiger partial charge in [0, 0.05) is 23.0 Å². The predicted molar refractivity (Wildman–Crippen MR) is 81.0 cm³/mol. The van der Waals surface area contributed by atoms with Crippen LogP contribution in [0.25, 0.3) is 0 Å². The zero-order valence-corrected chi connectivity index (χ0v) is 12.5. The maximum atomic E-state index is 12.7. The molecule has 104 valence electrons. The number of nitrogens with one attached hydrogen (secondary N) is 1. The van der Waals surface area contributed by atoms with Gasteiger partial charge in [-0.25, -0.2) is 0 Å². The third-order valence-electron chi connectivity index (χ3n) is 3.80. The molecule has 1 N–H and O–H groups in total. The van der Waals surface area contributed by atoms with Crippen LogP contribution in [0.5, 0.6) is 0 Å². The van der Waals surface area contributed by atoms with E-state index in [-0.39, 0.29) is 5.91 Å². The lowest BCUT2D eigenvalue weighted by atomic mass is 10.0. The van der Waals surface area contributed by atoms with Crippen LogP contribution in [0.15, 0.2) is 23.1 Å². The summed E-state index contributed by atoms with van der Waals surface area (Å²) in [5.74, 6) is 0.141. The van der Waals surface area contributed by atoms with E-state index in [1.54, 1.807) is 0 Å². The van der Waals surface area contributed by atoms with Gasteiger partial charge >= 0.3 is 0 Å². The molecule has 0 unspecified atom stereocenters. The number of thiol groups is 1. The van der Waals surface area contributed by atoms with Crippen LogP contribution < -0.4 is 5.32 Å². The number of piperidine rings is 1. The summed E-state index contributed by atoms with van der Waals surface area (Å²) in [7, 11) is 0. The second kappa shape index (κ2) is 6.44. The first-order valence-electron chi connectivity index (χ1n) is 6.94. The average Bonchev–Trinajstić information content (AvgIpc) is 2.43. The van der Waals surface area contributed by atoms with Crippen molar-refractivity contribution in [2.24, 2.45) is 0 Å². The molecule has 1 aromatic carbocycles. The largest absolute Gasteiger partial charge is 0.336 e. The van der Waals surface area contributed by atoms with Crippen molar-refractivity contribution in [3.05, 3.63) is 29.3 Å². The SMILES string of the molecule is CCN(C(=O)c1cc(S)ccc1C)C1CCNCC1. The zero-order chi connectivity index (χ0) is 13.8. The summed E-state index contributed by atoms with van der Waals surface area (Å²) < 4.78 is 0. The van der Waals surface area contributed by atoms with Crippen molar-refractivity contribution in [3.63, 3.8) is 0 Å². The second-order valence-corrected chi connectivity index (χ2v) is 5.59. The van der Waals surface area contributed by atoms with Crippen molar-refractivity contribution in [3.8, 4) is 0 Å². The summed E-state index contributed by atoms with van der Waals surface area (Å²) in [5, 5.41) is 3.34. The van der Waals surface area contributed by atoms with Crippen LogP contribution in [0.2, 0.25) is 0 Å². The molecular weight excluding hydrogens is 256 g/mol. The summed E-state index contributed by atoms with van der Waals surface area (Å²) in [5.41, 5.74) is 1.81. The topological polar surface area (TPSA) is 32.3 Å². The highest BCUT2D eigenvalue weighted by Crippen LogP contribution is 2.20. The van der Waals surface area contributed by atoms with Crippen LogP contribution in [0, 0.1) is 6.92 Å². The fourth-order valence-electron chi connectivity index (χ4n) is 2.68. The molecule has 1 aliphatic heterocycles. The number of carbonyl (C=O) groups excluding carboxylic acids is 1. The lowest BCUT2D eigenvalue weighted by Crippen LogP contribution is -2.46. The van der Waals surface area contributed by atoms with Crippen molar-refractivity contribution in [1.82, 2.24) is 10.2 Å². The molecule has 1 amide bonds. The van der Waals surface area contributed by atoms with E-state index in [0.29, 0.717) is 6.04 Å². The van der Waals surface area contributed by atoms with Gasteiger partial charge in [0.25, 0.3) is 5.91 Å². The van der Waals surface area contributed by atoms with E-state index in [4.69, 9.17) is 0 Å². The highest BCUT2D eigenvalue weighted by Gasteiger charge is 2.25. The van der Waals surface area contributed by atoms with Gasteiger partial charge in [-0.3, -0.25) is 4.79 Å². The Morgan fingerprint density at radius 2 is 2.11 bits per heavy atom. The number of hydrogen-bond acceptors (Lipinski definition) is 3. The number of nitrogens with zero attached hydrogens (tertiary/aromatic N) is 1. The van der Waals surface area contributed by atoms with Crippen LogP contribution in [-0.4, -0.2) is 36.5 Å². The summed E-state index contributed by atoms with van der Waals surface area (Å²) >= 11 is 4.34. The van der Waals surface area contributed by atoms with E-state index in [9.17, 15) is 4.79 Å². The van der Waals surface area contributed by atoms with Crippen molar-refractivity contribution in [1.29, 1.82) is 0 Å². The standard InChI is InChI=1S/C15H22N2OS/c1-3-17(12-6-8-16-9-7-12)15(18)14-10-13(19)5-4-11(14)2/h4-5,10,12,16,19H,3,6-9H2,1-2H3. The fourth-order valence-corrected chi connectivity index (χ4v) is 2.88. The first-order chi connectivity index (χ1) is 9.13. The van der Waals surface area contributed by atoms with Gasteiger partial charge in [-0.05, 0) is 57.5 Å². The van der Waals surface area contributed by atoms with Crippen LogP contribution in [0.3, 0.4) is 0 Å². The van der Waals surface area contributed by atoms with Gasteiger partial charge < -0.3 is 10.2 Å². The maximum absolute atomic E-state index is 12.7. The van der Waals surface area contributed by atoms with E-state index in [2.05, 4.69) is 24.9 Å². The minimum Gasteiger partial charge on any atom is -0.336 e. The lowest BCUT2D eigenvalue weighted by Gasteiger charge is -2.34. The molecule has 0 bridgehead atoms. The molecular formula is C15H22N2OS. The van der Waals surface area contributed by atoms with Gasteiger partial charge in [-0.2, -0.15) is 0 Å². The molecule has 19 heavy (non-hydrogen) atoms. The molecule has 1 aliphatic rings. The Balaban J connectivity index is 2.22. The highest BCUT2D eigenvalue weighted by atomic mass is 32.1. The van der Waals surface area contributed by atoms with Gasteiger partial charge in [0.05, 0.1) is 0 Å². The summed E-state index contributed by atoms with van der Waals surface area (Å²) in [6.07, 6.45) is 2.08. The Kier molecular flexibility index (Phi) is 4.88. The van der Waals surface area contributed by atoms with Gasteiger partial charge in [-0.15, -0.1) is 12.6 Å². The number of hydrogen-bond donors (Lipinski definition) is 2. The molecule has 2 rings (SSSR count). The number of aryl methyl sites for hydroxylation is 1. The zero-order valence-electron chi connectivity index (χ0n) is 11.6. The molecule has 0 saturated carbocycles.